The molecule has 0 saturated carbocycles. The summed E-state index contributed by atoms with van der Waals surface area (Å²) < 4.78 is 11.6. The molecule has 9 nitrogen and oxygen atoms in total. The van der Waals surface area contributed by atoms with E-state index in [0.717, 1.165) is 0 Å². The molecule has 224 valence electrons. The Labute approximate surface area is 255 Å². The molecule has 0 atom stereocenters. The molecule has 6 rings (SSSR count). The van der Waals surface area contributed by atoms with E-state index in [-0.39, 0.29) is 44.6 Å². The van der Waals surface area contributed by atoms with Gasteiger partial charge in [-0.3, -0.25) is 19.2 Å². The molecule has 4 aromatic carbocycles. The van der Waals surface area contributed by atoms with Gasteiger partial charge in [0.25, 0.3) is 0 Å². The molecule has 0 aliphatic carbocycles. The highest BCUT2D eigenvalue weighted by Gasteiger charge is 2.32. The molecule has 2 aromatic heterocycles. The van der Waals surface area contributed by atoms with Crippen molar-refractivity contribution in [2.45, 2.75) is 25.4 Å². The van der Waals surface area contributed by atoms with Crippen LogP contribution >= 0.6 is 0 Å². The summed E-state index contributed by atoms with van der Waals surface area (Å²) in [6.45, 7) is 1.29. The van der Waals surface area contributed by atoms with Crippen molar-refractivity contribution < 1.29 is 33.7 Å². The van der Waals surface area contributed by atoms with Crippen LogP contribution in [-0.2, 0) is 0 Å². The zero-order valence-corrected chi connectivity index (χ0v) is 23.9. The number of fused-ring (bicyclic) bond motifs is 2. The maximum atomic E-state index is 13.5. The number of carbonyl (C=O) groups excluding carboxylic acids is 2. The van der Waals surface area contributed by atoms with E-state index in [2.05, 4.69) is 0 Å². The van der Waals surface area contributed by atoms with Crippen molar-refractivity contribution in [3.05, 3.63) is 129 Å². The normalized spacial score (nSPS) is 11.6. The summed E-state index contributed by atoms with van der Waals surface area (Å²) in [5.41, 5.74) is -2.64. The molecule has 6 aromatic rings. The number of hydrogen-bond acceptors (Lipinski definition) is 9. The van der Waals surface area contributed by atoms with Crippen LogP contribution < -0.4 is 10.9 Å². The first kappa shape index (κ1) is 29.3. The molecule has 45 heavy (non-hydrogen) atoms. The van der Waals surface area contributed by atoms with Crippen LogP contribution in [0.2, 0.25) is 0 Å². The van der Waals surface area contributed by atoms with Gasteiger partial charge < -0.3 is 24.2 Å². The molecule has 0 bridgehead atoms. The number of ketones is 2. The lowest BCUT2D eigenvalue weighted by Crippen LogP contribution is -2.31. The van der Waals surface area contributed by atoms with Crippen molar-refractivity contribution in [1.82, 2.24) is 0 Å². The quantitative estimate of drug-likeness (QED) is 0.172. The minimum absolute atomic E-state index is 0.0446. The standard InChI is InChI=1S/C36H26O9/c1-36(43,18-24(37)22-14-8-16-26-28(22)30(39)32(41)34(44-26)20-10-4-2-5-11-20)19-25(38)23-15-9-17-27-29(23)31(40)33(42)35(45-27)21-12-6-3-7-13-21/h2-17,41-43H,18-19H2,1H3. The van der Waals surface area contributed by atoms with Crippen LogP contribution in [-0.4, -0.2) is 32.5 Å². The summed E-state index contributed by atoms with van der Waals surface area (Å²) >= 11 is 0. The van der Waals surface area contributed by atoms with Gasteiger partial charge in [0.15, 0.2) is 23.1 Å². The van der Waals surface area contributed by atoms with Crippen molar-refractivity contribution >= 4 is 33.5 Å². The van der Waals surface area contributed by atoms with E-state index in [1.54, 1.807) is 60.7 Å². The van der Waals surface area contributed by atoms with Crippen LogP contribution in [0.15, 0.2) is 115 Å². The Bertz CT molecular complexity index is 2070. The van der Waals surface area contributed by atoms with E-state index in [4.69, 9.17) is 8.83 Å². The minimum atomic E-state index is -1.91. The highest BCUT2D eigenvalue weighted by atomic mass is 16.4. The first-order valence-electron chi connectivity index (χ1n) is 14.0. The maximum absolute atomic E-state index is 13.5. The summed E-state index contributed by atoms with van der Waals surface area (Å²) in [6.07, 6.45) is -1.14. The Morgan fingerprint density at radius 1 is 0.600 bits per heavy atom. The van der Waals surface area contributed by atoms with Gasteiger partial charge in [-0.25, -0.2) is 0 Å². The fourth-order valence-electron chi connectivity index (χ4n) is 5.44. The molecule has 0 amide bonds. The first-order chi connectivity index (χ1) is 21.6. The highest BCUT2D eigenvalue weighted by molar-refractivity contribution is 6.10. The Balaban J connectivity index is 1.30. The molecule has 3 N–H and O–H groups in total. The zero-order valence-electron chi connectivity index (χ0n) is 23.9. The second kappa shape index (κ2) is 11.4. The van der Waals surface area contributed by atoms with Gasteiger partial charge >= 0.3 is 0 Å². The number of aromatic hydroxyl groups is 2. The largest absolute Gasteiger partial charge is 0.502 e. The van der Waals surface area contributed by atoms with Crippen LogP contribution in [0.25, 0.3) is 44.6 Å². The number of hydrogen-bond donors (Lipinski definition) is 3. The zero-order chi connectivity index (χ0) is 31.9. The van der Waals surface area contributed by atoms with Gasteiger partial charge in [-0.15, -0.1) is 0 Å². The highest BCUT2D eigenvalue weighted by Crippen LogP contribution is 2.34. The Morgan fingerprint density at radius 2 is 0.978 bits per heavy atom. The molecule has 0 radical (unpaired) electrons. The van der Waals surface area contributed by atoms with Gasteiger partial charge in [-0.1, -0.05) is 84.9 Å². The SMILES string of the molecule is CC(O)(CC(=O)c1cccc2oc(-c3ccccc3)c(O)c(=O)c12)CC(=O)c1cccc2oc(-c3ccccc3)c(O)c(=O)c12. The molecule has 0 aliphatic rings. The van der Waals surface area contributed by atoms with E-state index >= 15 is 0 Å². The number of carbonyl (C=O) groups is 2. The molecule has 0 fully saturated rings. The predicted molar refractivity (Wildman–Crippen MR) is 168 cm³/mol. The van der Waals surface area contributed by atoms with Gasteiger partial charge in [-0.2, -0.15) is 0 Å². The average molecular weight is 603 g/mol. The third-order valence-corrected chi connectivity index (χ3v) is 7.55. The fourth-order valence-corrected chi connectivity index (χ4v) is 5.44. The van der Waals surface area contributed by atoms with Crippen molar-refractivity contribution in [1.29, 1.82) is 0 Å². The van der Waals surface area contributed by atoms with Crippen molar-refractivity contribution in [2.75, 3.05) is 0 Å². The average Bonchev–Trinajstić information content (AvgIpc) is 3.04. The molecule has 9 heteroatoms. The smallest absolute Gasteiger partial charge is 0.235 e. The van der Waals surface area contributed by atoms with Crippen molar-refractivity contribution in [2.24, 2.45) is 0 Å². The number of benzene rings is 4. The predicted octanol–water partition coefficient (Wildman–Crippen LogP) is 6.24. The molecule has 0 saturated heterocycles. The van der Waals surface area contributed by atoms with E-state index in [0.29, 0.717) is 11.1 Å². The van der Waals surface area contributed by atoms with Crippen molar-refractivity contribution in [3.8, 4) is 34.1 Å². The monoisotopic (exact) mass is 602 g/mol. The van der Waals surface area contributed by atoms with Crippen LogP contribution in [0.5, 0.6) is 11.5 Å². The van der Waals surface area contributed by atoms with Gasteiger partial charge in [-0.05, 0) is 19.1 Å². The number of Topliss-reactive ketones (excluding diaryl/α,β-unsaturated/α-hetero) is 2. The van der Waals surface area contributed by atoms with E-state index < -0.39 is 52.4 Å². The summed E-state index contributed by atoms with van der Waals surface area (Å²) in [7, 11) is 0. The summed E-state index contributed by atoms with van der Waals surface area (Å²) in [5, 5.41) is 32.3. The summed E-state index contributed by atoms with van der Waals surface area (Å²) in [6, 6.07) is 25.8. The molecular weight excluding hydrogens is 576 g/mol. The second-order valence-electron chi connectivity index (χ2n) is 11.0. The summed E-state index contributed by atoms with van der Waals surface area (Å²) in [5.74, 6) is -2.75. The second-order valence-corrected chi connectivity index (χ2v) is 11.0. The van der Waals surface area contributed by atoms with Crippen LogP contribution in [0.3, 0.4) is 0 Å². The Morgan fingerprint density at radius 3 is 1.36 bits per heavy atom. The van der Waals surface area contributed by atoms with Gasteiger partial charge in [0, 0.05) is 35.1 Å². The molecular formula is C36H26O9. The van der Waals surface area contributed by atoms with Crippen molar-refractivity contribution in [3.63, 3.8) is 0 Å². The van der Waals surface area contributed by atoms with Crippen LogP contribution in [0.1, 0.15) is 40.5 Å². The minimum Gasteiger partial charge on any atom is -0.502 e. The Hall–Kier alpha value is -5.80. The third-order valence-electron chi connectivity index (χ3n) is 7.55. The molecule has 2 heterocycles. The van der Waals surface area contributed by atoms with Crippen LogP contribution in [0, 0.1) is 0 Å². The van der Waals surface area contributed by atoms with Gasteiger partial charge in [0.1, 0.15) is 11.2 Å². The molecule has 0 spiro atoms. The fraction of sp³-hybridized carbons (Fsp3) is 0.111. The topological polar surface area (TPSA) is 155 Å². The van der Waals surface area contributed by atoms with Gasteiger partial charge in [0.05, 0.1) is 16.4 Å². The van der Waals surface area contributed by atoms with E-state index in [1.165, 1.54) is 43.3 Å². The molecule has 0 unspecified atom stereocenters. The van der Waals surface area contributed by atoms with Gasteiger partial charge in [0.2, 0.25) is 22.4 Å². The van der Waals surface area contributed by atoms with Crippen LogP contribution in [0.4, 0.5) is 0 Å². The molecule has 0 aliphatic heterocycles. The van der Waals surface area contributed by atoms with E-state index in [1.807, 2.05) is 0 Å². The number of aliphatic hydroxyl groups is 1. The maximum Gasteiger partial charge on any atom is 0.235 e. The lowest BCUT2D eigenvalue weighted by Gasteiger charge is -2.22. The lowest BCUT2D eigenvalue weighted by atomic mass is 9.87. The third kappa shape index (κ3) is 5.41. The Kier molecular flexibility index (Phi) is 7.39. The number of rotatable bonds is 8. The lowest BCUT2D eigenvalue weighted by molar-refractivity contribution is 0.0377. The summed E-state index contributed by atoms with van der Waals surface area (Å²) in [4.78, 5) is 53.4. The van der Waals surface area contributed by atoms with E-state index in [9.17, 15) is 34.5 Å². The first-order valence-corrected chi connectivity index (χ1v) is 14.0.